The third-order valence-electron chi connectivity index (χ3n) is 5.03. The van der Waals surface area contributed by atoms with Gasteiger partial charge in [0.05, 0.1) is 12.1 Å². The van der Waals surface area contributed by atoms with Crippen molar-refractivity contribution in [2.75, 3.05) is 25.0 Å². The summed E-state index contributed by atoms with van der Waals surface area (Å²) in [5.74, 6) is 0.961. The Morgan fingerprint density at radius 2 is 1.82 bits per heavy atom. The second kappa shape index (κ2) is 10.8. The summed E-state index contributed by atoms with van der Waals surface area (Å²) < 4.78 is 0. The summed E-state index contributed by atoms with van der Waals surface area (Å²) in [4.78, 5) is 30.9. The van der Waals surface area contributed by atoms with E-state index in [-0.39, 0.29) is 36.6 Å². The Bertz CT molecular complexity index is 651. The van der Waals surface area contributed by atoms with Crippen LogP contribution in [0.1, 0.15) is 52.1 Å². The monoisotopic (exact) mass is 450 g/mol. The Morgan fingerprint density at radius 3 is 2.39 bits per heavy atom. The van der Waals surface area contributed by atoms with E-state index in [2.05, 4.69) is 15.6 Å². The molecule has 1 aliphatic heterocycles. The van der Waals surface area contributed by atoms with Gasteiger partial charge >= 0.3 is 0 Å². The fourth-order valence-electron chi connectivity index (χ4n) is 2.99. The molecule has 0 bridgehead atoms. The number of nitrogens with zero attached hydrogens (tertiary/aromatic N) is 2. The molecule has 1 aliphatic carbocycles. The van der Waals surface area contributed by atoms with E-state index in [1.54, 1.807) is 0 Å². The molecule has 1 aromatic rings. The largest absolute Gasteiger partial charge is 0.342 e. The van der Waals surface area contributed by atoms with Crippen molar-refractivity contribution in [2.24, 2.45) is 11.3 Å². The number of aromatic nitrogens is 1. The van der Waals surface area contributed by atoms with Gasteiger partial charge in [-0.05, 0) is 38.1 Å². The number of thiazole rings is 1. The highest BCUT2D eigenvalue weighted by molar-refractivity contribution is 7.13. The zero-order valence-electron chi connectivity index (χ0n) is 16.8. The fraction of sp³-hybridized carbons (Fsp3) is 0.737. The summed E-state index contributed by atoms with van der Waals surface area (Å²) in [6.45, 7) is 8.37. The molecule has 2 fully saturated rings. The van der Waals surface area contributed by atoms with Crippen molar-refractivity contribution in [2.45, 2.75) is 58.9 Å². The second-order valence-corrected chi connectivity index (χ2v) is 9.39. The number of nitrogens with one attached hydrogen (secondary N) is 2. The molecule has 160 valence electrons. The molecule has 1 saturated heterocycles. The second-order valence-electron chi connectivity index (χ2n) is 8.53. The molecule has 2 heterocycles. The molecule has 1 aromatic heterocycles. The SMILES string of the molecule is CC(C)(C)C(=O)Nc1nc(CC(=O)N2CCC(NCC3CC3)CC2)cs1.Cl.Cl. The van der Waals surface area contributed by atoms with Crippen LogP contribution in [0.25, 0.3) is 0 Å². The van der Waals surface area contributed by atoms with Crippen molar-refractivity contribution in [3.8, 4) is 0 Å². The minimum Gasteiger partial charge on any atom is -0.342 e. The maximum absolute atomic E-state index is 12.5. The number of anilines is 1. The van der Waals surface area contributed by atoms with E-state index >= 15 is 0 Å². The van der Waals surface area contributed by atoms with Crippen LogP contribution >= 0.6 is 36.2 Å². The number of amides is 2. The van der Waals surface area contributed by atoms with E-state index in [1.165, 1.54) is 24.2 Å². The normalized spacial score (nSPS) is 17.5. The highest BCUT2D eigenvalue weighted by Crippen LogP contribution is 2.28. The average Bonchev–Trinajstić information content (AvgIpc) is 3.32. The van der Waals surface area contributed by atoms with Gasteiger partial charge < -0.3 is 15.5 Å². The van der Waals surface area contributed by atoms with Crippen LogP contribution in [0.3, 0.4) is 0 Å². The van der Waals surface area contributed by atoms with E-state index in [1.807, 2.05) is 31.1 Å². The summed E-state index contributed by atoms with van der Waals surface area (Å²) in [7, 11) is 0. The first-order chi connectivity index (χ1) is 12.3. The predicted octanol–water partition coefficient (Wildman–Crippen LogP) is 3.50. The maximum Gasteiger partial charge on any atom is 0.231 e. The molecule has 6 nitrogen and oxygen atoms in total. The van der Waals surface area contributed by atoms with Crippen molar-refractivity contribution >= 4 is 53.1 Å². The Balaban J connectivity index is 0.00000196. The highest BCUT2D eigenvalue weighted by Gasteiger charge is 2.26. The molecular weight excluding hydrogens is 419 g/mol. The topological polar surface area (TPSA) is 74.3 Å². The van der Waals surface area contributed by atoms with Gasteiger partial charge in [0.15, 0.2) is 5.13 Å². The number of likely N-dealkylation sites (tertiary alicyclic amines) is 1. The molecule has 3 rings (SSSR count). The summed E-state index contributed by atoms with van der Waals surface area (Å²) in [5.41, 5.74) is 0.276. The van der Waals surface area contributed by atoms with E-state index in [0.29, 0.717) is 17.6 Å². The van der Waals surface area contributed by atoms with Crippen molar-refractivity contribution in [3.05, 3.63) is 11.1 Å². The lowest BCUT2D eigenvalue weighted by Gasteiger charge is -2.32. The van der Waals surface area contributed by atoms with Crippen LogP contribution < -0.4 is 10.6 Å². The van der Waals surface area contributed by atoms with E-state index < -0.39 is 5.41 Å². The molecule has 0 atom stereocenters. The number of carbonyl (C=O) groups excluding carboxylic acids is 2. The van der Waals surface area contributed by atoms with E-state index in [0.717, 1.165) is 44.1 Å². The standard InChI is InChI=1S/C19H30N4O2S.2ClH/c1-19(2,3)17(25)22-18-21-15(12-26-18)10-16(24)23-8-6-14(7-9-23)20-11-13-4-5-13;;/h12-14,20H,4-11H2,1-3H3,(H,21,22,25);2*1H. The Labute approximate surface area is 184 Å². The zero-order valence-corrected chi connectivity index (χ0v) is 19.3. The molecular formula is C19H32Cl2N4O2S. The van der Waals surface area contributed by atoms with Gasteiger partial charge in [-0.2, -0.15) is 0 Å². The lowest BCUT2D eigenvalue weighted by molar-refractivity contribution is -0.131. The smallest absolute Gasteiger partial charge is 0.231 e. The molecule has 2 aliphatic rings. The molecule has 1 saturated carbocycles. The number of hydrogen-bond acceptors (Lipinski definition) is 5. The summed E-state index contributed by atoms with van der Waals surface area (Å²) in [5, 5.41) is 8.89. The molecule has 28 heavy (non-hydrogen) atoms. The van der Waals surface area contributed by atoms with Crippen molar-refractivity contribution in [1.29, 1.82) is 0 Å². The summed E-state index contributed by atoms with van der Waals surface area (Å²) in [6.07, 6.45) is 5.11. The summed E-state index contributed by atoms with van der Waals surface area (Å²) in [6, 6.07) is 0.554. The summed E-state index contributed by atoms with van der Waals surface area (Å²) >= 11 is 1.37. The van der Waals surface area contributed by atoms with Gasteiger partial charge in [0, 0.05) is 29.9 Å². The predicted molar refractivity (Wildman–Crippen MR) is 119 cm³/mol. The molecule has 0 unspecified atom stereocenters. The minimum absolute atomic E-state index is 0. The number of carbonyl (C=O) groups is 2. The van der Waals surface area contributed by atoms with Gasteiger partial charge in [0.1, 0.15) is 0 Å². The van der Waals surface area contributed by atoms with Crippen LogP contribution in [-0.2, 0) is 16.0 Å². The van der Waals surface area contributed by atoms with Crippen LogP contribution in [0.4, 0.5) is 5.13 Å². The van der Waals surface area contributed by atoms with Gasteiger partial charge in [0.25, 0.3) is 0 Å². The van der Waals surface area contributed by atoms with Crippen molar-refractivity contribution < 1.29 is 9.59 Å². The highest BCUT2D eigenvalue weighted by atomic mass is 35.5. The average molecular weight is 451 g/mol. The van der Waals surface area contributed by atoms with Crippen LogP contribution in [0, 0.1) is 11.3 Å². The number of hydrogen-bond donors (Lipinski definition) is 2. The van der Waals surface area contributed by atoms with Crippen molar-refractivity contribution in [1.82, 2.24) is 15.2 Å². The Hall–Kier alpha value is -0.890. The van der Waals surface area contributed by atoms with Crippen LogP contribution in [0.2, 0.25) is 0 Å². The van der Waals surface area contributed by atoms with Gasteiger partial charge in [-0.15, -0.1) is 36.2 Å². The number of rotatable bonds is 6. The van der Waals surface area contributed by atoms with Gasteiger partial charge in [-0.3, -0.25) is 9.59 Å². The molecule has 2 N–H and O–H groups in total. The molecule has 0 aromatic carbocycles. The molecule has 0 radical (unpaired) electrons. The zero-order chi connectivity index (χ0) is 18.7. The van der Waals surface area contributed by atoms with E-state index in [4.69, 9.17) is 0 Å². The molecule has 0 spiro atoms. The van der Waals surface area contributed by atoms with Crippen LogP contribution in [0.15, 0.2) is 5.38 Å². The third-order valence-corrected chi connectivity index (χ3v) is 5.83. The minimum atomic E-state index is -0.459. The van der Waals surface area contributed by atoms with E-state index in [9.17, 15) is 9.59 Å². The van der Waals surface area contributed by atoms with Crippen LogP contribution in [0.5, 0.6) is 0 Å². The lowest BCUT2D eigenvalue weighted by atomic mass is 9.96. The quantitative estimate of drug-likeness (QED) is 0.694. The maximum atomic E-state index is 12.5. The van der Waals surface area contributed by atoms with Gasteiger partial charge in [-0.1, -0.05) is 20.8 Å². The fourth-order valence-corrected chi connectivity index (χ4v) is 3.69. The first kappa shape index (κ1) is 25.1. The van der Waals surface area contributed by atoms with Gasteiger partial charge in [-0.25, -0.2) is 4.98 Å². The number of piperidine rings is 1. The molecule has 9 heteroatoms. The van der Waals surface area contributed by atoms with Gasteiger partial charge in [0.2, 0.25) is 11.8 Å². The Morgan fingerprint density at radius 1 is 1.18 bits per heavy atom. The third kappa shape index (κ3) is 7.50. The molecule has 2 amide bonds. The first-order valence-electron chi connectivity index (χ1n) is 9.58. The first-order valence-corrected chi connectivity index (χ1v) is 10.5. The van der Waals surface area contributed by atoms with Crippen LogP contribution in [-0.4, -0.2) is 47.4 Å². The van der Waals surface area contributed by atoms with Crippen molar-refractivity contribution in [3.63, 3.8) is 0 Å². The Kier molecular flexibility index (Phi) is 9.67. The number of halogens is 2. The lowest BCUT2D eigenvalue weighted by Crippen LogP contribution is -2.45.